The molecule has 1 aromatic carbocycles. The molecule has 0 fully saturated rings. The molecule has 6 nitrogen and oxygen atoms in total. The van der Waals surface area contributed by atoms with E-state index in [1.54, 1.807) is 18.2 Å². The van der Waals surface area contributed by atoms with Crippen molar-refractivity contribution in [2.24, 2.45) is 0 Å². The fourth-order valence-electron chi connectivity index (χ4n) is 1.68. The molecule has 2 aromatic rings. The highest BCUT2D eigenvalue weighted by Gasteiger charge is 2.13. The van der Waals surface area contributed by atoms with Gasteiger partial charge < -0.3 is 14.8 Å². The Hall–Kier alpha value is -2.28. The van der Waals surface area contributed by atoms with Crippen LogP contribution in [-0.2, 0) is 16.4 Å². The minimum atomic E-state index is -3.22. The minimum absolute atomic E-state index is 0.106. The molecule has 1 aromatic heterocycles. The van der Waals surface area contributed by atoms with Crippen molar-refractivity contribution in [3.05, 3.63) is 47.9 Å². The second-order valence-electron chi connectivity index (χ2n) is 4.23. The van der Waals surface area contributed by atoms with Crippen LogP contribution in [0.15, 0.2) is 45.9 Å². The third-order valence-electron chi connectivity index (χ3n) is 2.71. The van der Waals surface area contributed by atoms with Crippen molar-refractivity contribution in [3.8, 4) is 0 Å². The van der Waals surface area contributed by atoms with E-state index in [-0.39, 0.29) is 17.2 Å². The first-order valence-corrected chi connectivity index (χ1v) is 7.61. The summed E-state index contributed by atoms with van der Waals surface area (Å²) in [5.41, 5.74) is 1.21. The Kier molecular flexibility index (Phi) is 3.80. The molecule has 0 spiro atoms. The van der Waals surface area contributed by atoms with Crippen molar-refractivity contribution in [1.82, 2.24) is 0 Å². The number of anilines is 1. The molecular weight excluding hydrogens is 282 g/mol. The zero-order chi connectivity index (χ0) is 14.8. The summed E-state index contributed by atoms with van der Waals surface area (Å²) in [7, 11) is -3.22. The smallest absolute Gasteiger partial charge is 0.372 e. The van der Waals surface area contributed by atoms with E-state index in [4.69, 9.17) is 9.52 Å². The Bertz CT molecular complexity index is 715. The topological polar surface area (TPSA) is 96.6 Å². The van der Waals surface area contributed by atoms with Crippen molar-refractivity contribution in [1.29, 1.82) is 0 Å². The molecule has 2 N–H and O–H groups in total. The Morgan fingerprint density at radius 1 is 1.25 bits per heavy atom. The van der Waals surface area contributed by atoms with E-state index in [1.165, 1.54) is 18.4 Å². The molecule has 0 aliphatic rings. The van der Waals surface area contributed by atoms with Gasteiger partial charge in [-0.2, -0.15) is 0 Å². The van der Waals surface area contributed by atoms with E-state index in [0.717, 1.165) is 6.26 Å². The van der Waals surface area contributed by atoms with Gasteiger partial charge in [-0.15, -0.1) is 0 Å². The van der Waals surface area contributed by atoms with Crippen LogP contribution < -0.4 is 5.32 Å². The molecule has 0 radical (unpaired) electrons. The fraction of sp³-hybridized carbons (Fsp3) is 0.154. The first-order valence-electron chi connectivity index (χ1n) is 5.71. The lowest BCUT2D eigenvalue weighted by molar-refractivity contribution is 0.0661. The number of hydrogen-bond donors (Lipinski definition) is 2. The van der Waals surface area contributed by atoms with Gasteiger partial charge in [0.2, 0.25) is 5.76 Å². The fourth-order valence-corrected chi connectivity index (χ4v) is 2.31. The summed E-state index contributed by atoms with van der Waals surface area (Å²) >= 11 is 0. The average molecular weight is 295 g/mol. The van der Waals surface area contributed by atoms with Gasteiger partial charge in [0.15, 0.2) is 9.84 Å². The van der Waals surface area contributed by atoms with Gasteiger partial charge in [0.25, 0.3) is 0 Å². The van der Waals surface area contributed by atoms with Gasteiger partial charge >= 0.3 is 5.97 Å². The Balaban J connectivity index is 2.08. The maximum Gasteiger partial charge on any atom is 0.372 e. The van der Waals surface area contributed by atoms with Gasteiger partial charge in [0, 0.05) is 24.1 Å². The summed E-state index contributed by atoms with van der Waals surface area (Å²) in [5, 5.41) is 11.9. The molecule has 0 bridgehead atoms. The van der Waals surface area contributed by atoms with Crippen molar-refractivity contribution in [2.45, 2.75) is 11.4 Å². The number of nitrogens with one attached hydrogen (secondary N) is 1. The number of rotatable bonds is 5. The highest BCUT2D eigenvalue weighted by atomic mass is 32.2. The van der Waals surface area contributed by atoms with E-state index in [9.17, 15) is 13.2 Å². The minimum Gasteiger partial charge on any atom is -0.475 e. The number of carbonyl (C=O) groups is 1. The maximum absolute atomic E-state index is 11.3. The first kappa shape index (κ1) is 14.1. The number of carboxylic acid groups (broad SMARTS) is 1. The largest absolute Gasteiger partial charge is 0.475 e. The SMILES string of the molecule is CS(=O)(=O)c1ccc(NCc2ccoc2C(=O)O)cc1. The van der Waals surface area contributed by atoms with Crippen LogP contribution in [0.25, 0.3) is 0 Å². The number of benzene rings is 1. The Morgan fingerprint density at radius 3 is 2.45 bits per heavy atom. The van der Waals surface area contributed by atoms with Crippen LogP contribution in [0.4, 0.5) is 5.69 Å². The summed E-state index contributed by atoms with van der Waals surface area (Å²) in [5.74, 6) is -1.23. The van der Waals surface area contributed by atoms with Crippen LogP contribution in [-0.4, -0.2) is 25.7 Å². The molecular formula is C13H13NO5S. The molecule has 0 atom stereocenters. The third-order valence-corrected chi connectivity index (χ3v) is 3.83. The third kappa shape index (κ3) is 3.18. The lowest BCUT2D eigenvalue weighted by Crippen LogP contribution is -2.05. The highest BCUT2D eigenvalue weighted by molar-refractivity contribution is 7.90. The molecule has 1 heterocycles. The normalized spacial score (nSPS) is 11.2. The number of furan rings is 1. The van der Waals surface area contributed by atoms with Gasteiger partial charge in [-0.25, -0.2) is 13.2 Å². The maximum atomic E-state index is 11.3. The van der Waals surface area contributed by atoms with Crippen molar-refractivity contribution >= 4 is 21.5 Å². The summed E-state index contributed by atoms with van der Waals surface area (Å²) in [6.45, 7) is 0.274. The van der Waals surface area contributed by atoms with E-state index in [2.05, 4.69) is 5.32 Å². The van der Waals surface area contributed by atoms with Crippen molar-refractivity contribution < 1.29 is 22.7 Å². The summed E-state index contributed by atoms with van der Waals surface area (Å²) in [6, 6.07) is 7.80. The van der Waals surface area contributed by atoms with Gasteiger partial charge in [0.05, 0.1) is 11.2 Å². The van der Waals surface area contributed by atoms with E-state index in [0.29, 0.717) is 11.3 Å². The standard InChI is InChI=1S/C13H13NO5S/c1-20(17,18)11-4-2-10(3-5-11)14-8-9-6-7-19-12(9)13(15)16/h2-7,14H,8H2,1H3,(H,15,16). The average Bonchev–Trinajstić information content (AvgIpc) is 2.84. The van der Waals surface area contributed by atoms with Gasteiger partial charge in [-0.05, 0) is 30.3 Å². The number of hydrogen-bond acceptors (Lipinski definition) is 5. The monoisotopic (exact) mass is 295 g/mol. The molecule has 7 heteroatoms. The molecule has 106 valence electrons. The predicted octanol–water partition coefficient (Wildman–Crippen LogP) is 1.99. The van der Waals surface area contributed by atoms with Crippen molar-refractivity contribution in [2.75, 3.05) is 11.6 Å². The second-order valence-corrected chi connectivity index (χ2v) is 6.25. The molecule has 20 heavy (non-hydrogen) atoms. The molecule has 0 saturated heterocycles. The zero-order valence-electron chi connectivity index (χ0n) is 10.7. The second kappa shape index (κ2) is 5.38. The van der Waals surface area contributed by atoms with Crippen molar-refractivity contribution in [3.63, 3.8) is 0 Å². The van der Waals surface area contributed by atoms with E-state index in [1.807, 2.05) is 0 Å². The predicted molar refractivity (Wildman–Crippen MR) is 72.5 cm³/mol. The van der Waals surface area contributed by atoms with Crippen LogP contribution in [0.1, 0.15) is 16.1 Å². The molecule has 0 unspecified atom stereocenters. The number of aromatic carboxylic acids is 1. The van der Waals surface area contributed by atoms with Gasteiger partial charge in [0.1, 0.15) is 0 Å². The van der Waals surface area contributed by atoms with E-state index < -0.39 is 15.8 Å². The van der Waals surface area contributed by atoms with Crippen LogP contribution in [0.5, 0.6) is 0 Å². The Morgan fingerprint density at radius 2 is 1.90 bits per heavy atom. The summed E-state index contributed by atoms with van der Waals surface area (Å²) in [6.07, 6.45) is 2.45. The van der Waals surface area contributed by atoms with Gasteiger partial charge in [-0.3, -0.25) is 0 Å². The van der Waals surface area contributed by atoms with Crippen LogP contribution >= 0.6 is 0 Å². The molecule has 0 aliphatic carbocycles. The zero-order valence-corrected chi connectivity index (χ0v) is 11.5. The Labute approximate surface area is 116 Å². The van der Waals surface area contributed by atoms with Crippen LogP contribution in [0.3, 0.4) is 0 Å². The summed E-state index contributed by atoms with van der Waals surface area (Å²) in [4.78, 5) is 11.1. The molecule has 0 saturated carbocycles. The van der Waals surface area contributed by atoms with Gasteiger partial charge in [-0.1, -0.05) is 0 Å². The molecule has 0 amide bonds. The molecule has 2 rings (SSSR count). The summed E-state index contributed by atoms with van der Waals surface area (Å²) < 4.78 is 27.5. The number of carboxylic acids is 1. The lowest BCUT2D eigenvalue weighted by Gasteiger charge is -2.06. The highest BCUT2D eigenvalue weighted by Crippen LogP contribution is 2.16. The van der Waals surface area contributed by atoms with Crippen LogP contribution in [0.2, 0.25) is 0 Å². The van der Waals surface area contributed by atoms with Crippen LogP contribution in [0, 0.1) is 0 Å². The van der Waals surface area contributed by atoms with E-state index >= 15 is 0 Å². The quantitative estimate of drug-likeness (QED) is 0.875. The molecule has 0 aliphatic heterocycles. The first-order chi connectivity index (χ1) is 9.38. The lowest BCUT2D eigenvalue weighted by atomic mass is 10.2. The number of sulfone groups is 1.